The van der Waals surface area contributed by atoms with Crippen molar-refractivity contribution in [3.05, 3.63) is 48.0 Å². The zero-order chi connectivity index (χ0) is 15.2. The largest absolute Gasteiger partial charge is 0.481 e. The molecule has 1 unspecified atom stereocenters. The zero-order valence-corrected chi connectivity index (χ0v) is 12.4. The third-order valence-corrected chi connectivity index (χ3v) is 3.39. The van der Waals surface area contributed by atoms with Crippen LogP contribution in [0.2, 0.25) is 0 Å². The number of carboxylic acids is 1. The number of rotatable bonds is 7. The summed E-state index contributed by atoms with van der Waals surface area (Å²) in [6.45, 7) is 5.05. The number of hydrogen-bond donors (Lipinski definition) is 1. The van der Waals surface area contributed by atoms with E-state index in [0.717, 1.165) is 17.9 Å². The third kappa shape index (κ3) is 4.15. The zero-order valence-electron chi connectivity index (χ0n) is 12.4. The fourth-order valence-corrected chi connectivity index (χ4v) is 2.37. The monoisotopic (exact) mass is 287 g/mol. The fourth-order valence-electron chi connectivity index (χ4n) is 2.37. The summed E-state index contributed by atoms with van der Waals surface area (Å²) in [6.07, 6.45) is 2.67. The molecule has 1 aromatic carbocycles. The van der Waals surface area contributed by atoms with Crippen LogP contribution < -0.4 is 0 Å². The summed E-state index contributed by atoms with van der Waals surface area (Å²) in [6, 6.07) is 9.34. The number of hydrogen-bond acceptors (Lipinski definition) is 3. The van der Waals surface area contributed by atoms with Crippen LogP contribution in [0.1, 0.15) is 37.6 Å². The van der Waals surface area contributed by atoms with Crippen molar-refractivity contribution in [3.8, 4) is 0 Å². The van der Waals surface area contributed by atoms with Gasteiger partial charge in [-0.25, -0.2) is 9.67 Å². The van der Waals surface area contributed by atoms with Crippen LogP contribution in [0.15, 0.2) is 36.7 Å². The number of carbonyl (C=O) groups is 1. The Bertz CT molecular complexity index is 578. The molecule has 0 saturated carbocycles. The van der Waals surface area contributed by atoms with Crippen LogP contribution in [0.25, 0.3) is 0 Å². The molecule has 0 bridgehead atoms. The van der Waals surface area contributed by atoms with E-state index in [9.17, 15) is 9.90 Å². The highest BCUT2D eigenvalue weighted by Crippen LogP contribution is 2.21. The summed E-state index contributed by atoms with van der Waals surface area (Å²) in [5.74, 6) is 0.0345. The van der Waals surface area contributed by atoms with Crippen molar-refractivity contribution in [2.45, 2.75) is 39.2 Å². The lowest BCUT2D eigenvalue weighted by atomic mass is 9.94. The molecule has 0 aliphatic carbocycles. The van der Waals surface area contributed by atoms with E-state index in [4.69, 9.17) is 0 Å². The lowest BCUT2D eigenvalue weighted by molar-refractivity contribution is -0.139. The van der Waals surface area contributed by atoms with Gasteiger partial charge in [0.25, 0.3) is 0 Å². The summed E-state index contributed by atoms with van der Waals surface area (Å²) in [4.78, 5) is 15.7. The Kier molecular flexibility index (Phi) is 5.09. The van der Waals surface area contributed by atoms with Crippen LogP contribution in [-0.4, -0.2) is 25.8 Å². The van der Waals surface area contributed by atoms with E-state index in [1.54, 1.807) is 0 Å². The Morgan fingerprint density at radius 1 is 1.29 bits per heavy atom. The molecular formula is C16H21N3O2. The SMILES string of the molecule is CC(C)Cn1ncnc1CCC(C(=O)O)c1ccccc1. The quantitative estimate of drug-likeness (QED) is 0.850. The van der Waals surface area contributed by atoms with Gasteiger partial charge in [0.15, 0.2) is 0 Å². The second-order valence-corrected chi connectivity index (χ2v) is 5.59. The van der Waals surface area contributed by atoms with Crippen LogP contribution in [0, 0.1) is 5.92 Å². The van der Waals surface area contributed by atoms with E-state index in [0.29, 0.717) is 18.8 Å². The molecule has 0 saturated heterocycles. The van der Waals surface area contributed by atoms with Crippen molar-refractivity contribution in [2.24, 2.45) is 5.92 Å². The van der Waals surface area contributed by atoms with Crippen LogP contribution >= 0.6 is 0 Å². The number of nitrogens with zero attached hydrogens (tertiary/aromatic N) is 3. The molecule has 5 heteroatoms. The summed E-state index contributed by atoms with van der Waals surface area (Å²) < 4.78 is 1.87. The van der Waals surface area contributed by atoms with Gasteiger partial charge < -0.3 is 5.11 Å². The van der Waals surface area contributed by atoms with Gasteiger partial charge in [-0.1, -0.05) is 44.2 Å². The van der Waals surface area contributed by atoms with Gasteiger partial charge in [-0.15, -0.1) is 0 Å². The summed E-state index contributed by atoms with van der Waals surface area (Å²) >= 11 is 0. The summed E-state index contributed by atoms with van der Waals surface area (Å²) in [7, 11) is 0. The number of aromatic nitrogens is 3. The summed E-state index contributed by atoms with van der Waals surface area (Å²) in [5.41, 5.74) is 0.833. The first-order valence-corrected chi connectivity index (χ1v) is 7.22. The van der Waals surface area contributed by atoms with Crippen molar-refractivity contribution in [3.63, 3.8) is 0 Å². The molecular weight excluding hydrogens is 266 g/mol. The highest BCUT2D eigenvalue weighted by Gasteiger charge is 2.20. The number of carboxylic acid groups (broad SMARTS) is 1. The second kappa shape index (κ2) is 7.02. The second-order valence-electron chi connectivity index (χ2n) is 5.59. The van der Waals surface area contributed by atoms with Crippen molar-refractivity contribution >= 4 is 5.97 Å². The molecule has 1 heterocycles. The van der Waals surface area contributed by atoms with E-state index in [1.165, 1.54) is 6.33 Å². The van der Waals surface area contributed by atoms with E-state index in [-0.39, 0.29) is 0 Å². The first kappa shape index (κ1) is 15.2. The minimum atomic E-state index is -0.795. The van der Waals surface area contributed by atoms with Crippen molar-refractivity contribution < 1.29 is 9.90 Å². The van der Waals surface area contributed by atoms with Gasteiger partial charge in [-0.3, -0.25) is 4.79 Å². The molecule has 0 fully saturated rings. The molecule has 2 aromatic rings. The molecule has 0 aliphatic rings. The van der Waals surface area contributed by atoms with Crippen molar-refractivity contribution in [2.75, 3.05) is 0 Å². The van der Waals surface area contributed by atoms with Gasteiger partial charge in [0, 0.05) is 13.0 Å². The highest BCUT2D eigenvalue weighted by molar-refractivity contribution is 5.76. The number of aliphatic carboxylic acids is 1. The van der Waals surface area contributed by atoms with Gasteiger partial charge in [0.1, 0.15) is 12.2 Å². The molecule has 0 aliphatic heterocycles. The molecule has 112 valence electrons. The average molecular weight is 287 g/mol. The number of aryl methyl sites for hydroxylation is 1. The van der Waals surface area contributed by atoms with Gasteiger partial charge in [0.05, 0.1) is 5.92 Å². The Labute approximate surface area is 124 Å². The van der Waals surface area contributed by atoms with Crippen LogP contribution in [-0.2, 0) is 17.8 Å². The molecule has 0 radical (unpaired) electrons. The highest BCUT2D eigenvalue weighted by atomic mass is 16.4. The minimum absolute atomic E-state index is 0.481. The van der Waals surface area contributed by atoms with Gasteiger partial charge in [-0.2, -0.15) is 5.10 Å². The Morgan fingerprint density at radius 2 is 2.00 bits per heavy atom. The van der Waals surface area contributed by atoms with E-state index >= 15 is 0 Å². The molecule has 1 N–H and O–H groups in total. The van der Waals surface area contributed by atoms with Crippen molar-refractivity contribution in [1.82, 2.24) is 14.8 Å². The maximum atomic E-state index is 11.5. The predicted molar refractivity (Wildman–Crippen MR) is 80.0 cm³/mol. The maximum Gasteiger partial charge on any atom is 0.310 e. The first-order valence-electron chi connectivity index (χ1n) is 7.22. The molecule has 21 heavy (non-hydrogen) atoms. The van der Waals surface area contributed by atoms with E-state index in [1.807, 2.05) is 35.0 Å². The molecule has 0 amide bonds. The molecule has 1 atom stereocenters. The van der Waals surface area contributed by atoms with Crippen LogP contribution in [0.4, 0.5) is 0 Å². The number of benzene rings is 1. The molecule has 2 rings (SSSR count). The van der Waals surface area contributed by atoms with Gasteiger partial charge in [-0.05, 0) is 17.9 Å². The standard InChI is InChI=1S/C16H21N3O2/c1-12(2)10-19-15(17-11-18-19)9-8-14(16(20)21)13-6-4-3-5-7-13/h3-7,11-12,14H,8-10H2,1-2H3,(H,20,21). The summed E-state index contributed by atoms with van der Waals surface area (Å²) in [5, 5.41) is 13.6. The minimum Gasteiger partial charge on any atom is -0.481 e. The third-order valence-electron chi connectivity index (χ3n) is 3.39. The maximum absolute atomic E-state index is 11.5. The Morgan fingerprint density at radius 3 is 2.62 bits per heavy atom. The lowest BCUT2D eigenvalue weighted by Crippen LogP contribution is -2.15. The first-order chi connectivity index (χ1) is 10.1. The normalized spacial score (nSPS) is 12.5. The smallest absolute Gasteiger partial charge is 0.310 e. The van der Waals surface area contributed by atoms with Gasteiger partial charge in [0.2, 0.25) is 0 Å². The van der Waals surface area contributed by atoms with Crippen LogP contribution in [0.3, 0.4) is 0 Å². The lowest BCUT2D eigenvalue weighted by Gasteiger charge is -2.13. The van der Waals surface area contributed by atoms with E-state index < -0.39 is 11.9 Å². The molecule has 0 spiro atoms. The Hall–Kier alpha value is -2.17. The predicted octanol–water partition coefficient (Wildman–Crippen LogP) is 2.74. The topological polar surface area (TPSA) is 68.0 Å². The average Bonchev–Trinajstić information content (AvgIpc) is 2.86. The molecule has 5 nitrogen and oxygen atoms in total. The molecule has 1 aromatic heterocycles. The van der Waals surface area contributed by atoms with E-state index in [2.05, 4.69) is 23.9 Å². The van der Waals surface area contributed by atoms with Crippen molar-refractivity contribution in [1.29, 1.82) is 0 Å². The van der Waals surface area contributed by atoms with Gasteiger partial charge >= 0.3 is 5.97 Å². The van der Waals surface area contributed by atoms with Crippen LogP contribution in [0.5, 0.6) is 0 Å². The fraction of sp³-hybridized carbons (Fsp3) is 0.438. The Balaban J connectivity index is 2.06.